The maximum absolute atomic E-state index is 14.9. The summed E-state index contributed by atoms with van der Waals surface area (Å²) in [6, 6.07) is 1.28. The van der Waals surface area contributed by atoms with E-state index in [1.807, 2.05) is 0 Å². The molecular formula is C22H32F2N2O5. The lowest BCUT2D eigenvalue weighted by atomic mass is 10.0. The minimum atomic E-state index is -0.893. The van der Waals surface area contributed by atoms with E-state index in [0.29, 0.717) is 6.61 Å². The molecule has 2 atom stereocenters. The summed E-state index contributed by atoms with van der Waals surface area (Å²) in [4.78, 5) is 26.0. The predicted molar refractivity (Wildman–Crippen MR) is 112 cm³/mol. The van der Waals surface area contributed by atoms with Crippen LogP contribution in [0.4, 0.5) is 24.1 Å². The number of amides is 2. The molecule has 0 aromatic heterocycles. The Morgan fingerprint density at radius 3 is 2.23 bits per heavy atom. The first kappa shape index (κ1) is 24.8. The standard InChI is InChI=1S/C22H32F2N2O5/c1-8-26(20(28)31-22(5,6)7)18-13(9-14(23)11-15(18)24)10-16(17-12-29-17)25-19(27)30-21(2,3)4/h9,11,16-17H,8,10,12H2,1-7H3,(H,25,27). The van der Waals surface area contributed by atoms with Gasteiger partial charge in [0, 0.05) is 12.6 Å². The highest BCUT2D eigenvalue weighted by molar-refractivity contribution is 5.89. The number of nitrogens with one attached hydrogen (secondary N) is 1. The molecule has 1 aromatic rings. The zero-order valence-electron chi connectivity index (χ0n) is 19.2. The fraction of sp³-hybridized carbons (Fsp3) is 0.636. The quantitative estimate of drug-likeness (QED) is 0.654. The van der Waals surface area contributed by atoms with E-state index in [9.17, 15) is 18.4 Å². The highest BCUT2D eigenvalue weighted by Crippen LogP contribution is 2.30. The molecular weight excluding hydrogens is 410 g/mol. The summed E-state index contributed by atoms with van der Waals surface area (Å²) in [6.07, 6.45) is -1.69. The maximum atomic E-state index is 14.9. The number of epoxide rings is 1. The topological polar surface area (TPSA) is 80.4 Å². The molecule has 1 aliphatic rings. The van der Waals surface area contributed by atoms with E-state index in [0.717, 1.165) is 17.0 Å². The molecule has 1 saturated heterocycles. The molecule has 0 radical (unpaired) electrons. The van der Waals surface area contributed by atoms with E-state index in [1.54, 1.807) is 48.5 Å². The fourth-order valence-electron chi connectivity index (χ4n) is 3.03. The third-order valence-corrected chi connectivity index (χ3v) is 4.26. The van der Waals surface area contributed by atoms with E-state index >= 15 is 0 Å². The van der Waals surface area contributed by atoms with Crippen molar-refractivity contribution in [1.29, 1.82) is 0 Å². The summed E-state index contributed by atoms with van der Waals surface area (Å²) in [5.41, 5.74) is -1.37. The van der Waals surface area contributed by atoms with Crippen LogP contribution in [-0.4, -0.2) is 48.7 Å². The summed E-state index contributed by atoms with van der Waals surface area (Å²) in [5, 5.41) is 2.71. The van der Waals surface area contributed by atoms with Crippen molar-refractivity contribution in [3.05, 3.63) is 29.3 Å². The van der Waals surface area contributed by atoms with Crippen molar-refractivity contribution in [2.75, 3.05) is 18.1 Å². The molecule has 2 unspecified atom stereocenters. The molecule has 31 heavy (non-hydrogen) atoms. The number of carbonyl (C=O) groups is 2. The Bertz CT molecular complexity index is 813. The van der Waals surface area contributed by atoms with Gasteiger partial charge in [0.15, 0.2) is 0 Å². The van der Waals surface area contributed by atoms with Crippen LogP contribution < -0.4 is 10.2 Å². The van der Waals surface area contributed by atoms with Crippen molar-refractivity contribution < 1.29 is 32.6 Å². The average molecular weight is 443 g/mol. The fourth-order valence-corrected chi connectivity index (χ4v) is 3.03. The minimum Gasteiger partial charge on any atom is -0.444 e. The second-order valence-corrected chi connectivity index (χ2v) is 9.45. The SMILES string of the molecule is CCN(C(=O)OC(C)(C)C)c1c(F)cc(F)cc1CC(NC(=O)OC(C)(C)C)C1CO1. The summed E-state index contributed by atoms with van der Waals surface area (Å²) in [7, 11) is 0. The molecule has 7 nitrogen and oxygen atoms in total. The second-order valence-electron chi connectivity index (χ2n) is 9.45. The Kier molecular flexibility index (Phi) is 7.52. The second kappa shape index (κ2) is 9.38. The zero-order valence-corrected chi connectivity index (χ0v) is 19.2. The lowest BCUT2D eigenvalue weighted by molar-refractivity contribution is 0.0492. The van der Waals surface area contributed by atoms with Crippen molar-refractivity contribution in [1.82, 2.24) is 5.32 Å². The van der Waals surface area contributed by atoms with E-state index in [2.05, 4.69) is 5.32 Å². The van der Waals surface area contributed by atoms with E-state index in [-0.39, 0.29) is 30.3 Å². The van der Waals surface area contributed by atoms with Gasteiger partial charge < -0.3 is 19.5 Å². The van der Waals surface area contributed by atoms with E-state index in [4.69, 9.17) is 14.2 Å². The van der Waals surface area contributed by atoms with Crippen molar-refractivity contribution in [2.24, 2.45) is 0 Å². The van der Waals surface area contributed by atoms with Gasteiger partial charge in [-0.05, 0) is 66.5 Å². The van der Waals surface area contributed by atoms with Crippen LogP contribution in [0.15, 0.2) is 12.1 Å². The number of carbonyl (C=O) groups excluding carboxylic acids is 2. The Balaban J connectivity index is 2.34. The van der Waals surface area contributed by atoms with Gasteiger partial charge in [-0.2, -0.15) is 0 Å². The molecule has 1 aliphatic heterocycles. The number of hydrogen-bond donors (Lipinski definition) is 1. The number of hydrogen-bond acceptors (Lipinski definition) is 5. The number of benzene rings is 1. The van der Waals surface area contributed by atoms with Gasteiger partial charge in [-0.3, -0.25) is 4.90 Å². The van der Waals surface area contributed by atoms with Gasteiger partial charge in [-0.1, -0.05) is 0 Å². The number of ether oxygens (including phenoxy) is 3. The number of anilines is 1. The summed E-state index contributed by atoms with van der Waals surface area (Å²) in [5.74, 6) is -1.68. The van der Waals surface area contributed by atoms with Gasteiger partial charge in [0.1, 0.15) is 28.9 Å². The summed E-state index contributed by atoms with van der Waals surface area (Å²) < 4.78 is 44.9. The van der Waals surface area contributed by atoms with Crippen molar-refractivity contribution in [2.45, 2.75) is 78.2 Å². The van der Waals surface area contributed by atoms with Gasteiger partial charge in [-0.15, -0.1) is 0 Å². The normalized spacial score (nSPS) is 17.0. The molecule has 0 saturated carbocycles. The molecule has 1 aromatic carbocycles. The molecule has 0 aliphatic carbocycles. The average Bonchev–Trinajstić information content (AvgIpc) is 3.38. The number of alkyl carbamates (subject to hydrolysis) is 1. The molecule has 0 bridgehead atoms. The predicted octanol–water partition coefficient (Wildman–Crippen LogP) is 4.56. The van der Waals surface area contributed by atoms with Crippen LogP contribution >= 0.6 is 0 Å². The van der Waals surface area contributed by atoms with E-state index in [1.165, 1.54) is 0 Å². The smallest absolute Gasteiger partial charge is 0.414 e. The molecule has 0 spiro atoms. The number of rotatable bonds is 6. The number of halogens is 2. The van der Waals surface area contributed by atoms with E-state index < -0.39 is 41.1 Å². The molecule has 2 amide bonds. The van der Waals surface area contributed by atoms with Crippen LogP contribution in [0.25, 0.3) is 0 Å². The summed E-state index contributed by atoms with van der Waals surface area (Å²) in [6.45, 7) is 12.5. The first-order valence-corrected chi connectivity index (χ1v) is 10.3. The maximum Gasteiger partial charge on any atom is 0.414 e. The van der Waals surface area contributed by atoms with Gasteiger partial charge in [0.05, 0.1) is 18.3 Å². The van der Waals surface area contributed by atoms with Crippen LogP contribution in [0.5, 0.6) is 0 Å². The Morgan fingerprint density at radius 2 is 1.74 bits per heavy atom. The molecule has 1 N–H and O–H groups in total. The third kappa shape index (κ3) is 7.65. The first-order valence-electron chi connectivity index (χ1n) is 10.3. The monoisotopic (exact) mass is 442 g/mol. The molecule has 9 heteroatoms. The Hall–Kier alpha value is -2.42. The van der Waals surface area contributed by atoms with Crippen LogP contribution in [0.2, 0.25) is 0 Å². The first-order chi connectivity index (χ1) is 14.2. The largest absolute Gasteiger partial charge is 0.444 e. The lowest BCUT2D eigenvalue weighted by Crippen LogP contribution is -2.44. The van der Waals surface area contributed by atoms with Gasteiger partial charge in [0.2, 0.25) is 0 Å². The van der Waals surface area contributed by atoms with Crippen LogP contribution in [-0.2, 0) is 20.6 Å². The Morgan fingerprint density at radius 1 is 1.16 bits per heavy atom. The van der Waals surface area contributed by atoms with Crippen molar-refractivity contribution in [3.63, 3.8) is 0 Å². The molecule has 174 valence electrons. The molecule has 2 rings (SSSR count). The Labute approximate surface area is 182 Å². The molecule has 1 heterocycles. The van der Waals surface area contributed by atoms with Crippen molar-refractivity contribution >= 4 is 17.9 Å². The highest BCUT2D eigenvalue weighted by Gasteiger charge is 2.37. The van der Waals surface area contributed by atoms with Crippen molar-refractivity contribution in [3.8, 4) is 0 Å². The zero-order chi connectivity index (χ0) is 23.6. The minimum absolute atomic E-state index is 0.0349. The van der Waals surface area contributed by atoms with Crippen LogP contribution in [0.3, 0.4) is 0 Å². The molecule has 1 fully saturated rings. The van der Waals surface area contributed by atoms with Crippen LogP contribution in [0, 0.1) is 11.6 Å². The summed E-state index contributed by atoms with van der Waals surface area (Å²) >= 11 is 0. The third-order valence-electron chi connectivity index (χ3n) is 4.26. The lowest BCUT2D eigenvalue weighted by Gasteiger charge is -2.29. The number of nitrogens with zero attached hydrogens (tertiary/aromatic N) is 1. The highest BCUT2D eigenvalue weighted by atomic mass is 19.1. The van der Waals surface area contributed by atoms with Gasteiger partial charge in [-0.25, -0.2) is 18.4 Å². The van der Waals surface area contributed by atoms with Crippen LogP contribution in [0.1, 0.15) is 54.0 Å². The van der Waals surface area contributed by atoms with Gasteiger partial charge in [0.25, 0.3) is 0 Å². The van der Waals surface area contributed by atoms with Gasteiger partial charge >= 0.3 is 12.2 Å².